The Morgan fingerprint density at radius 2 is 1.90 bits per heavy atom. The van der Waals surface area contributed by atoms with Gasteiger partial charge in [-0.3, -0.25) is 0 Å². The zero-order valence-electron chi connectivity index (χ0n) is 16.8. The number of aryl methyl sites for hydroxylation is 3. The molecule has 1 saturated heterocycles. The standard InChI is InChI=1S/C21H24BrN5OS/c1-4-17-24-19(18-13(2)14(3)29-20(18)25-17)26-9-11-27(12-10-26)21(28)23-16-8-6-5-7-15(16)22/h5-8H,4,9-12H2,1-3H3,(H,23,28). The number of piperazine rings is 1. The van der Waals surface area contributed by atoms with Gasteiger partial charge in [0.1, 0.15) is 16.5 Å². The molecule has 0 saturated carbocycles. The highest BCUT2D eigenvalue weighted by Gasteiger charge is 2.25. The molecule has 6 nitrogen and oxygen atoms in total. The highest BCUT2D eigenvalue weighted by molar-refractivity contribution is 9.10. The molecule has 1 aromatic carbocycles. The predicted octanol–water partition coefficient (Wildman–Crippen LogP) is 4.99. The van der Waals surface area contributed by atoms with E-state index >= 15 is 0 Å². The van der Waals surface area contributed by atoms with E-state index in [9.17, 15) is 4.79 Å². The first-order chi connectivity index (χ1) is 14.0. The summed E-state index contributed by atoms with van der Waals surface area (Å²) in [5.74, 6) is 1.89. The van der Waals surface area contributed by atoms with Crippen LogP contribution in [-0.2, 0) is 6.42 Å². The molecule has 1 fully saturated rings. The maximum atomic E-state index is 12.7. The number of rotatable bonds is 3. The first-order valence-electron chi connectivity index (χ1n) is 9.80. The minimum atomic E-state index is -0.0683. The van der Waals surface area contributed by atoms with Gasteiger partial charge >= 0.3 is 6.03 Å². The molecule has 29 heavy (non-hydrogen) atoms. The summed E-state index contributed by atoms with van der Waals surface area (Å²) < 4.78 is 0.880. The van der Waals surface area contributed by atoms with Crippen molar-refractivity contribution >= 4 is 55.0 Å². The molecular formula is C21H24BrN5OS. The van der Waals surface area contributed by atoms with E-state index < -0.39 is 0 Å². The average Bonchev–Trinajstić information content (AvgIpc) is 3.02. The van der Waals surface area contributed by atoms with Crippen molar-refractivity contribution in [1.29, 1.82) is 0 Å². The van der Waals surface area contributed by atoms with Crippen LogP contribution in [-0.4, -0.2) is 47.1 Å². The number of nitrogens with one attached hydrogen (secondary N) is 1. The predicted molar refractivity (Wildman–Crippen MR) is 123 cm³/mol. The topological polar surface area (TPSA) is 61.4 Å². The Kier molecular flexibility index (Phi) is 5.74. The van der Waals surface area contributed by atoms with Crippen LogP contribution >= 0.6 is 27.3 Å². The third-order valence-electron chi connectivity index (χ3n) is 5.35. The van der Waals surface area contributed by atoms with Crippen molar-refractivity contribution in [1.82, 2.24) is 14.9 Å². The minimum Gasteiger partial charge on any atom is -0.352 e. The van der Waals surface area contributed by atoms with Gasteiger partial charge in [-0.15, -0.1) is 11.3 Å². The number of hydrogen-bond donors (Lipinski definition) is 1. The number of hydrogen-bond acceptors (Lipinski definition) is 5. The lowest BCUT2D eigenvalue weighted by atomic mass is 10.2. The van der Waals surface area contributed by atoms with Crippen molar-refractivity contribution in [2.75, 3.05) is 36.4 Å². The Morgan fingerprint density at radius 3 is 2.59 bits per heavy atom. The van der Waals surface area contributed by atoms with Crippen molar-refractivity contribution < 1.29 is 4.79 Å². The van der Waals surface area contributed by atoms with Gasteiger partial charge < -0.3 is 15.1 Å². The molecule has 8 heteroatoms. The highest BCUT2D eigenvalue weighted by Crippen LogP contribution is 2.35. The van der Waals surface area contributed by atoms with E-state index in [1.54, 1.807) is 11.3 Å². The lowest BCUT2D eigenvalue weighted by Crippen LogP contribution is -2.50. The summed E-state index contributed by atoms with van der Waals surface area (Å²) in [5, 5.41) is 4.16. The molecule has 0 radical (unpaired) electrons. The quantitative estimate of drug-likeness (QED) is 0.581. The van der Waals surface area contributed by atoms with Gasteiger partial charge in [0.15, 0.2) is 0 Å². The molecule has 2 aromatic heterocycles. The molecule has 0 unspecified atom stereocenters. The van der Waals surface area contributed by atoms with Crippen LogP contribution in [0.4, 0.5) is 16.3 Å². The van der Waals surface area contributed by atoms with E-state index in [4.69, 9.17) is 9.97 Å². The van der Waals surface area contributed by atoms with E-state index in [-0.39, 0.29) is 6.03 Å². The number of halogens is 1. The fourth-order valence-electron chi connectivity index (χ4n) is 3.54. The van der Waals surface area contributed by atoms with Crippen molar-refractivity contribution in [3.8, 4) is 0 Å². The Morgan fingerprint density at radius 1 is 1.17 bits per heavy atom. The van der Waals surface area contributed by atoms with Gasteiger partial charge in [0.05, 0.1) is 11.1 Å². The van der Waals surface area contributed by atoms with Gasteiger partial charge in [-0.1, -0.05) is 19.1 Å². The van der Waals surface area contributed by atoms with Gasteiger partial charge in [0.25, 0.3) is 0 Å². The highest BCUT2D eigenvalue weighted by atomic mass is 79.9. The van der Waals surface area contributed by atoms with Gasteiger partial charge in [-0.05, 0) is 47.5 Å². The van der Waals surface area contributed by atoms with E-state index in [0.29, 0.717) is 13.1 Å². The second-order valence-corrected chi connectivity index (χ2v) is 9.22. The lowest BCUT2D eigenvalue weighted by molar-refractivity contribution is 0.208. The molecule has 2 amide bonds. The Balaban J connectivity index is 1.51. The molecule has 0 atom stereocenters. The first-order valence-corrected chi connectivity index (χ1v) is 11.4. The van der Waals surface area contributed by atoms with Crippen LogP contribution in [0.25, 0.3) is 10.2 Å². The number of amides is 2. The second-order valence-electron chi connectivity index (χ2n) is 7.16. The third-order valence-corrected chi connectivity index (χ3v) is 7.15. The molecule has 0 bridgehead atoms. The number of aromatic nitrogens is 2. The number of urea groups is 1. The van der Waals surface area contributed by atoms with E-state index in [0.717, 1.165) is 51.5 Å². The normalized spacial score (nSPS) is 14.5. The van der Waals surface area contributed by atoms with E-state index in [1.807, 2.05) is 29.2 Å². The summed E-state index contributed by atoms with van der Waals surface area (Å²) in [5.41, 5.74) is 2.05. The van der Waals surface area contributed by atoms with Crippen molar-refractivity contribution in [2.45, 2.75) is 27.2 Å². The monoisotopic (exact) mass is 473 g/mol. The zero-order chi connectivity index (χ0) is 20.5. The fourth-order valence-corrected chi connectivity index (χ4v) is 4.96. The second kappa shape index (κ2) is 8.28. The molecule has 3 aromatic rings. The fraction of sp³-hybridized carbons (Fsp3) is 0.381. The number of anilines is 2. The summed E-state index contributed by atoms with van der Waals surface area (Å²) in [7, 11) is 0. The summed E-state index contributed by atoms with van der Waals surface area (Å²) in [4.78, 5) is 28.8. The van der Waals surface area contributed by atoms with Crippen LogP contribution in [0.1, 0.15) is 23.2 Å². The Hall–Kier alpha value is -2.19. The number of benzene rings is 1. The summed E-state index contributed by atoms with van der Waals surface area (Å²) >= 11 is 5.22. The van der Waals surface area contributed by atoms with Gasteiger partial charge in [-0.2, -0.15) is 0 Å². The minimum absolute atomic E-state index is 0.0683. The molecular weight excluding hydrogens is 450 g/mol. The molecule has 4 rings (SSSR count). The van der Waals surface area contributed by atoms with Crippen molar-refractivity contribution in [3.63, 3.8) is 0 Å². The summed E-state index contributed by atoms with van der Waals surface area (Å²) in [6.45, 7) is 9.20. The number of para-hydroxylation sites is 1. The lowest BCUT2D eigenvalue weighted by Gasteiger charge is -2.35. The van der Waals surface area contributed by atoms with E-state index in [2.05, 4.69) is 46.9 Å². The largest absolute Gasteiger partial charge is 0.352 e. The van der Waals surface area contributed by atoms with Crippen LogP contribution in [0.2, 0.25) is 0 Å². The number of thiophene rings is 1. The maximum Gasteiger partial charge on any atom is 0.321 e. The van der Waals surface area contributed by atoms with Crippen LogP contribution in [0.5, 0.6) is 0 Å². The van der Waals surface area contributed by atoms with Crippen LogP contribution in [0.3, 0.4) is 0 Å². The molecule has 152 valence electrons. The van der Waals surface area contributed by atoms with E-state index in [1.165, 1.54) is 10.4 Å². The van der Waals surface area contributed by atoms with Crippen LogP contribution < -0.4 is 10.2 Å². The number of carbonyl (C=O) groups excluding carboxylic acids is 1. The molecule has 0 aliphatic carbocycles. The number of nitrogens with zero attached hydrogens (tertiary/aromatic N) is 4. The summed E-state index contributed by atoms with van der Waals surface area (Å²) in [6.07, 6.45) is 0.813. The Labute approximate surface area is 183 Å². The number of fused-ring (bicyclic) bond motifs is 1. The first kappa shape index (κ1) is 20.1. The summed E-state index contributed by atoms with van der Waals surface area (Å²) in [6, 6.07) is 7.59. The molecule has 3 heterocycles. The average molecular weight is 474 g/mol. The molecule has 1 N–H and O–H groups in total. The number of carbonyl (C=O) groups is 1. The molecule has 1 aliphatic rings. The van der Waals surface area contributed by atoms with Crippen LogP contribution in [0.15, 0.2) is 28.7 Å². The molecule has 0 spiro atoms. The smallest absolute Gasteiger partial charge is 0.321 e. The Bertz CT molecular complexity index is 1060. The van der Waals surface area contributed by atoms with Crippen molar-refractivity contribution in [3.05, 3.63) is 45.0 Å². The maximum absolute atomic E-state index is 12.7. The third kappa shape index (κ3) is 3.96. The van der Waals surface area contributed by atoms with Gasteiger partial charge in [-0.25, -0.2) is 14.8 Å². The van der Waals surface area contributed by atoms with Gasteiger partial charge in [0, 0.05) is 41.9 Å². The molecule has 1 aliphatic heterocycles. The van der Waals surface area contributed by atoms with Gasteiger partial charge in [0.2, 0.25) is 0 Å². The zero-order valence-corrected chi connectivity index (χ0v) is 19.2. The van der Waals surface area contributed by atoms with Crippen LogP contribution in [0, 0.1) is 13.8 Å². The van der Waals surface area contributed by atoms with Crippen molar-refractivity contribution in [2.24, 2.45) is 0 Å². The SMILES string of the molecule is CCc1nc(N2CCN(C(=O)Nc3ccccc3Br)CC2)c2c(C)c(C)sc2n1.